The molecule has 5 nitrogen and oxygen atoms in total. The molecule has 0 bridgehead atoms. The van der Waals surface area contributed by atoms with Crippen LogP contribution in [0.25, 0.3) is 0 Å². The fourth-order valence-electron chi connectivity index (χ4n) is 3.83. The van der Waals surface area contributed by atoms with Gasteiger partial charge in [-0.3, -0.25) is 14.9 Å². The van der Waals surface area contributed by atoms with Crippen LogP contribution in [0.1, 0.15) is 12.0 Å². The number of nitrogens with zero attached hydrogens (tertiary/aromatic N) is 5. The molecular weight excluding hydrogens is 293 g/mol. The summed E-state index contributed by atoms with van der Waals surface area (Å²) < 4.78 is 13.8. The molecule has 0 aromatic carbocycles. The predicted molar refractivity (Wildman–Crippen MR) is 85.3 cm³/mol. The summed E-state index contributed by atoms with van der Waals surface area (Å²) in [6, 6.07) is 1.78. The van der Waals surface area contributed by atoms with Crippen molar-refractivity contribution in [2.75, 3.05) is 31.1 Å². The number of piperidine rings is 1. The van der Waals surface area contributed by atoms with E-state index >= 15 is 0 Å². The Morgan fingerprint density at radius 3 is 2.74 bits per heavy atom. The van der Waals surface area contributed by atoms with Gasteiger partial charge in [-0.25, -0.2) is 9.37 Å². The van der Waals surface area contributed by atoms with Crippen LogP contribution in [-0.4, -0.2) is 46.0 Å². The number of halogens is 1. The molecule has 0 saturated carbocycles. The lowest BCUT2D eigenvalue weighted by atomic mass is 9.89. The molecule has 2 aliphatic rings. The molecule has 2 aliphatic heterocycles. The molecule has 2 atom stereocenters. The van der Waals surface area contributed by atoms with Crippen molar-refractivity contribution in [3.05, 3.63) is 48.4 Å². The average Bonchev–Trinajstić information content (AvgIpc) is 2.99. The largest absolute Gasteiger partial charge is 0.355 e. The van der Waals surface area contributed by atoms with E-state index in [9.17, 15) is 4.39 Å². The van der Waals surface area contributed by atoms with Gasteiger partial charge in [0.05, 0.1) is 12.4 Å². The molecule has 2 aromatic rings. The highest BCUT2D eigenvalue weighted by atomic mass is 19.1. The van der Waals surface area contributed by atoms with Crippen molar-refractivity contribution < 1.29 is 4.39 Å². The van der Waals surface area contributed by atoms with E-state index in [0.717, 1.165) is 44.0 Å². The number of pyridine rings is 1. The van der Waals surface area contributed by atoms with Crippen LogP contribution in [-0.2, 0) is 6.54 Å². The molecule has 0 N–H and O–H groups in total. The summed E-state index contributed by atoms with van der Waals surface area (Å²) in [4.78, 5) is 17.1. The standard InChI is InChI=1S/C17H20FN5/c18-16-7-19-3-1-14(16)10-22-9-13-2-6-23(12-15(13)11-22)17-8-20-4-5-21-17/h1,3-5,7-8,13,15H,2,6,9-12H2/t13-,15-/m1/s1. The highest BCUT2D eigenvalue weighted by Gasteiger charge is 2.37. The molecule has 0 radical (unpaired) electrons. The fraction of sp³-hybridized carbons (Fsp3) is 0.471. The third-order valence-electron chi connectivity index (χ3n) is 5.00. The second kappa shape index (κ2) is 6.20. The van der Waals surface area contributed by atoms with Gasteiger partial charge in [-0.05, 0) is 24.3 Å². The van der Waals surface area contributed by atoms with Gasteiger partial charge < -0.3 is 4.90 Å². The lowest BCUT2D eigenvalue weighted by Crippen LogP contribution is -2.40. The summed E-state index contributed by atoms with van der Waals surface area (Å²) in [5.74, 6) is 2.08. The number of hydrogen-bond donors (Lipinski definition) is 0. The number of hydrogen-bond acceptors (Lipinski definition) is 5. The van der Waals surface area contributed by atoms with Crippen LogP contribution in [0.2, 0.25) is 0 Å². The Hall–Kier alpha value is -2.08. The SMILES string of the molecule is Fc1cnccc1CN1C[C@H]2CCN(c3cnccn3)C[C@H]2C1. The van der Waals surface area contributed by atoms with Gasteiger partial charge in [0.2, 0.25) is 0 Å². The zero-order valence-electron chi connectivity index (χ0n) is 13.0. The summed E-state index contributed by atoms with van der Waals surface area (Å²) in [6.07, 6.45) is 9.41. The molecule has 120 valence electrons. The molecule has 23 heavy (non-hydrogen) atoms. The lowest BCUT2D eigenvalue weighted by Gasteiger charge is -2.34. The van der Waals surface area contributed by atoms with Crippen molar-refractivity contribution in [1.29, 1.82) is 0 Å². The molecular formula is C17H20FN5. The highest BCUT2D eigenvalue weighted by Crippen LogP contribution is 2.33. The Labute approximate surface area is 135 Å². The summed E-state index contributed by atoms with van der Waals surface area (Å²) >= 11 is 0. The van der Waals surface area contributed by atoms with E-state index in [1.54, 1.807) is 24.7 Å². The van der Waals surface area contributed by atoms with Gasteiger partial charge in [-0.2, -0.15) is 0 Å². The molecule has 0 spiro atoms. The van der Waals surface area contributed by atoms with E-state index in [1.807, 2.05) is 6.20 Å². The molecule has 2 saturated heterocycles. The van der Waals surface area contributed by atoms with Crippen LogP contribution in [0.5, 0.6) is 0 Å². The third-order valence-corrected chi connectivity index (χ3v) is 5.00. The summed E-state index contributed by atoms with van der Waals surface area (Å²) in [5.41, 5.74) is 0.740. The zero-order valence-corrected chi connectivity index (χ0v) is 13.0. The lowest BCUT2D eigenvalue weighted by molar-refractivity contribution is 0.308. The topological polar surface area (TPSA) is 45.2 Å². The van der Waals surface area contributed by atoms with E-state index in [1.165, 1.54) is 6.20 Å². The van der Waals surface area contributed by atoms with Crippen LogP contribution in [0.3, 0.4) is 0 Å². The van der Waals surface area contributed by atoms with Crippen molar-refractivity contribution in [1.82, 2.24) is 19.9 Å². The monoisotopic (exact) mass is 313 g/mol. The number of fused-ring (bicyclic) bond motifs is 1. The van der Waals surface area contributed by atoms with Crippen molar-refractivity contribution in [2.45, 2.75) is 13.0 Å². The molecule has 0 amide bonds. The molecule has 4 heterocycles. The first-order valence-corrected chi connectivity index (χ1v) is 8.11. The second-order valence-electron chi connectivity index (χ2n) is 6.48. The first-order valence-electron chi connectivity index (χ1n) is 8.11. The zero-order chi connectivity index (χ0) is 15.6. The summed E-state index contributed by atoms with van der Waals surface area (Å²) in [5, 5.41) is 0. The van der Waals surface area contributed by atoms with E-state index < -0.39 is 0 Å². The minimum atomic E-state index is -0.205. The van der Waals surface area contributed by atoms with Crippen molar-refractivity contribution in [2.24, 2.45) is 11.8 Å². The van der Waals surface area contributed by atoms with E-state index in [4.69, 9.17) is 0 Å². The minimum absolute atomic E-state index is 0.205. The van der Waals surface area contributed by atoms with Crippen molar-refractivity contribution in [3.63, 3.8) is 0 Å². The van der Waals surface area contributed by atoms with Gasteiger partial charge >= 0.3 is 0 Å². The number of anilines is 1. The van der Waals surface area contributed by atoms with Gasteiger partial charge in [-0.15, -0.1) is 0 Å². The maximum absolute atomic E-state index is 13.8. The third kappa shape index (κ3) is 3.03. The van der Waals surface area contributed by atoms with Crippen LogP contribution >= 0.6 is 0 Å². The number of rotatable bonds is 3. The van der Waals surface area contributed by atoms with Crippen LogP contribution in [0.4, 0.5) is 10.2 Å². The van der Waals surface area contributed by atoms with E-state index in [0.29, 0.717) is 18.4 Å². The molecule has 6 heteroatoms. The quantitative estimate of drug-likeness (QED) is 0.867. The van der Waals surface area contributed by atoms with Gasteiger partial charge in [0.25, 0.3) is 0 Å². The van der Waals surface area contributed by atoms with Gasteiger partial charge in [0.15, 0.2) is 0 Å². The minimum Gasteiger partial charge on any atom is -0.355 e. The van der Waals surface area contributed by atoms with Crippen LogP contribution < -0.4 is 4.90 Å². The van der Waals surface area contributed by atoms with E-state index in [-0.39, 0.29) is 5.82 Å². The Morgan fingerprint density at radius 2 is 1.91 bits per heavy atom. The summed E-state index contributed by atoms with van der Waals surface area (Å²) in [7, 11) is 0. The smallest absolute Gasteiger partial charge is 0.147 e. The number of aromatic nitrogens is 3. The first-order chi connectivity index (χ1) is 11.3. The Morgan fingerprint density at radius 1 is 1.04 bits per heavy atom. The predicted octanol–water partition coefficient (Wildman–Crippen LogP) is 1.97. The normalized spacial score (nSPS) is 24.7. The maximum atomic E-state index is 13.8. The molecule has 4 rings (SSSR count). The van der Waals surface area contributed by atoms with Crippen molar-refractivity contribution >= 4 is 5.82 Å². The van der Waals surface area contributed by atoms with E-state index in [2.05, 4.69) is 24.8 Å². The van der Waals surface area contributed by atoms with Gasteiger partial charge in [0.1, 0.15) is 11.6 Å². The maximum Gasteiger partial charge on any atom is 0.147 e. The Kier molecular flexibility index (Phi) is 3.91. The molecule has 2 aromatic heterocycles. The first kappa shape index (κ1) is 14.5. The van der Waals surface area contributed by atoms with Crippen molar-refractivity contribution in [3.8, 4) is 0 Å². The number of likely N-dealkylation sites (tertiary alicyclic amines) is 1. The van der Waals surface area contributed by atoms with Gasteiger partial charge in [-0.1, -0.05) is 0 Å². The second-order valence-corrected chi connectivity index (χ2v) is 6.48. The summed E-state index contributed by atoms with van der Waals surface area (Å²) in [6.45, 7) is 4.78. The molecule has 2 fully saturated rings. The Balaban J connectivity index is 1.41. The molecule has 0 unspecified atom stereocenters. The van der Waals surface area contributed by atoms with Crippen LogP contribution in [0, 0.1) is 17.7 Å². The van der Waals surface area contributed by atoms with Crippen LogP contribution in [0.15, 0.2) is 37.1 Å². The fourth-order valence-corrected chi connectivity index (χ4v) is 3.83. The molecule has 0 aliphatic carbocycles. The average molecular weight is 313 g/mol. The van der Waals surface area contributed by atoms with Gasteiger partial charge in [0, 0.05) is 56.9 Å². The highest BCUT2D eigenvalue weighted by molar-refractivity contribution is 5.36. The Bertz CT molecular complexity index is 665.